The highest BCUT2D eigenvalue weighted by Crippen LogP contribution is 2.28. The third-order valence-electron chi connectivity index (χ3n) is 5.13. The Labute approximate surface area is 161 Å². The number of nitrogens with one attached hydrogen (secondary N) is 2. The zero-order valence-corrected chi connectivity index (χ0v) is 15.1. The molecule has 2 aromatic carbocycles. The van der Waals surface area contributed by atoms with Gasteiger partial charge in [0.2, 0.25) is 11.8 Å². The molecule has 0 radical (unpaired) electrons. The molecule has 1 fully saturated rings. The molecule has 0 aliphatic carbocycles. The minimum Gasteiger partial charge on any atom is -0.295 e. The van der Waals surface area contributed by atoms with Crippen molar-refractivity contribution in [3.05, 3.63) is 70.8 Å². The Morgan fingerprint density at radius 3 is 2.39 bits per heavy atom. The first kappa shape index (κ1) is 18.1. The maximum atomic E-state index is 12.5. The average Bonchev–Trinajstić information content (AvgIpc) is 3.11. The van der Waals surface area contributed by atoms with Gasteiger partial charge in [-0.25, -0.2) is 0 Å². The van der Waals surface area contributed by atoms with Crippen molar-refractivity contribution in [1.82, 2.24) is 15.5 Å². The van der Waals surface area contributed by atoms with E-state index in [4.69, 9.17) is 0 Å². The molecule has 7 nitrogen and oxygen atoms in total. The summed E-state index contributed by atoms with van der Waals surface area (Å²) >= 11 is 0. The van der Waals surface area contributed by atoms with Gasteiger partial charge in [-0.05, 0) is 41.8 Å². The van der Waals surface area contributed by atoms with Crippen LogP contribution in [0.1, 0.15) is 44.7 Å². The van der Waals surface area contributed by atoms with Crippen LogP contribution in [0, 0.1) is 0 Å². The summed E-state index contributed by atoms with van der Waals surface area (Å²) in [6.45, 7) is 1.11. The maximum Gasteiger partial charge on any atom is 0.258 e. The number of hydrogen-bond donors (Lipinski definition) is 2. The first-order valence-corrected chi connectivity index (χ1v) is 9.11. The number of imide groups is 2. The van der Waals surface area contributed by atoms with Crippen LogP contribution < -0.4 is 10.6 Å². The van der Waals surface area contributed by atoms with Crippen molar-refractivity contribution < 1.29 is 19.2 Å². The van der Waals surface area contributed by atoms with Gasteiger partial charge in [-0.15, -0.1) is 0 Å². The fourth-order valence-corrected chi connectivity index (χ4v) is 3.65. The van der Waals surface area contributed by atoms with Gasteiger partial charge in [0.15, 0.2) is 0 Å². The quantitative estimate of drug-likeness (QED) is 0.788. The zero-order chi connectivity index (χ0) is 19.7. The van der Waals surface area contributed by atoms with Crippen LogP contribution in [-0.2, 0) is 22.7 Å². The first-order chi connectivity index (χ1) is 13.5. The van der Waals surface area contributed by atoms with Crippen LogP contribution in [0.15, 0.2) is 48.5 Å². The fourth-order valence-electron chi connectivity index (χ4n) is 3.65. The molecule has 4 rings (SSSR count). The highest BCUT2D eigenvalue weighted by atomic mass is 16.2. The van der Waals surface area contributed by atoms with Crippen molar-refractivity contribution in [2.24, 2.45) is 0 Å². The number of amides is 4. The molecule has 28 heavy (non-hydrogen) atoms. The molecule has 0 bridgehead atoms. The first-order valence-electron chi connectivity index (χ1n) is 9.11. The smallest absolute Gasteiger partial charge is 0.258 e. The molecule has 2 aliphatic heterocycles. The van der Waals surface area contributed by atoms with E-state index >= 15 is 0 Å². The van der Waals surface area contributed by atoms with E-state index in [-0.39, 0.29) is 17.9 Å². The van der Waals surface area contributed by atoms with Gasteiger partial charge in [0, 0.05) is 30.6 Å². The molecule has 1 unspecified atom stereocenters. The van der Waals surface area contributed by atoms with Crippen LogP contribution in [0.4, 0.5) is 0 Å². The van der Waals surface area contributed by atoms with E-state index in [1.165, 1.54) is 0 Å². The van der Waals surface area contributed by atoms with E-state index in [9.17, 15) is 19.2 Å². The summed E-state index contributed by atoms with van der Waals surface area (Å²) in [5, 5.41) is 4.78. The topological polar surface area (TPSA) is 95.6 Å². The summed E-state index contributed by atoms with van der Waals surface area (Å²) in [6.07, 6.45) is 0.829. The number of carbonyl (C=O) groups excluding carboxylic acids is 4. The average molecular weight is 377 g/mol. The van der Waals surface area contributed by atoms with Gasteiger partial charge in [0.25, 0.3) is 11.8 Å². The Morgan fingerprint density at radius 2 is 1.64 bits per heavy atom. The minimum absolute atomic E-state index is 0.236. The number of rotatable bonds is 3. The Hall–Kier alpha value is -3.32. The molecular weight excluding hydrogens is 358 g/mol. The Bertz CT molecular complexity index is 971. The maximum absolute atomic E-state index is 12.5. The molecule has 142 valence electrons. The van der Waals surface area contributed by atoms with Crippen molar-refractivity contribution in [3.63, 3.8) is 0 Å². The van der Waals surface area contributed by atoms with Crippen LogP contribution in [-0.4, -0.2) is 34.6 Å². The van der Waals surface area contributed by atoms with Crippen LogP contribution in [0.25, 0.3) is 0 Å². The lowest BCUT2D eigenvalue weighted by Crippen LogP contribution is -2.50. The summed E-state index contributed by atoms with van der Waals surface area (Å²) in [5.41, 5.74) is 2.80. The number of carbonyl (C=O) groups is 4. The van der Waals surface area contributed by atoms with Gasteiger partial charge in [-0.2, -0.15) is 0 Å². The highest BCUT2D eigenvalue weighted by Gasteiger charge is 2.34. The Kier molecular flexibility index (Phi) is 4.75. The molecule has 2 aliphatic rings. The van der Waals surface area contributed by atoms with Crippen LogP contribution in [0.2, 0.25) is 0 Å². The monoisotopic (exact) mass is 377 g/mol. The van der Waals surface area contributed by atoms with Gasteiger partial charge in [-0.3, -0.25) is 34.7 Å². The number of fused-ring (bicyclic) bond motifs is 1. The molecule has 2 N–H and O–H groups in total. The molecule has 1 saturated heterocycles. The minimum atomic E-state index is -0.462. The van der Waals surface area contributed by atoms with Crippen molar-refractivity contribution >= 4 is 23.6 Å². The molecular formula is C21H19N3O4. The predicted octanol–water partition coefficient (Wildman–Crippen LogP) is 1.38. The lowest BCUT2D eigenvalue weighted by Gasteiger charge is -2.29. The molecule has 0 saturated carbocycles. The second-order valence-corrected chi connectivity index (χ2v) is 7.00. The lowest BCUT2D eigenvalue weighted by molar-refractivity contribution is -0.137. The van der Waals surface area contributed by atoms with Crippen molar-refractivity contribution in [2.45, 2.75) is 32.0 Å². The van der Waals surface area contributed by atoms with Crippen molar-refractivity contribution in [3.8, 4) is 0 Å². The summed E-state index contributed by atoms with van der Waals surface area (Å²) in [5.74, 6) is -1.41. The largest absolute Gasteiger partial charge is 0.295 e. The van der Waals surface area contributed by atoms with Gasteiger partial charge >= 0.3 is 0 Å². The SMILES string of the molecule is O=C1CCC(N2Cc3ccc(C(=O)NC(=O)c4ccccc4)cc3C2)C(=O)N1. The Balaban J connectivity index is 1.44. The third kappa shape index (κ3) is 3.57. The van der Waals surface area contributed by atoms with E-state index in [2.05, 4.69) is 10.6 Å². The fraction of sp³-hybridized carbons (Fsp3) is 0.238. The second kappa shape index (κ2) is 7.36. The third-order valence-corrected chi connectivity index (χ3v) is 5.13. The van der Waals surface area contributed by atoms with Crippen LogP contribution in [0.3, 0.4) is 0 Å². The van der Waals surface area contributed by atoms with Crippen LogP contribution in [0.5, 0.6) is 0 Å². The zero-order valence-electron chi connectivity index (χ0n) is 15.1. The summed E-state index contributed by atoms with van der Waals surface area (Å²) in [6, 6.07) is 13.5. The van der Waals surface area contributed by atoms with E-state index in [0.29, 0.717) is 37.1 Å². The van der Waals surface area contributed by atoms with E-state index in [1.807, 2.05) is 11.0 Å². The van der Waals surface area contributed by atoms with E-state index in [0.717, 1.165) is 11.1 Å². The molecule has 2 heterocycles. The molecule has 0 aromatic heterocycles. The standard InChI is InChI=1S/C21H19N3O4/c25-18-9-8-17(21(28)22-18)24-11-15-7-6-14(10-16(15)12-24)20(27)23-19(26)13-4-2-1-3-5-13/h1-7,10,17H,8-9,11-12H2,(H,22,25,28)(H,23,26,27). The van der Waals surface area contributed by atoms with Gasteiger partial charge in [0.1, 0.15) is 0 Å². The van der Waals surface area contributed by atoms with E-state index in [1.54, 1.807) is 42.5 Å². The van der Waals surface area contributed by atoms with Gasteiger partial charge in [-0.1, -0.05) is 24.3 Å². The molecule has 2 aromatic rings. The number of piperidine rings is 1. The number of nitrogens with zero attached hydrogens (tertiary/aromatic N) is 1. The van der Waals surface area contributed by atoms with Gasteiger partial charge < -0.3 is 0 Å². The van der Waals surface area contributed by atoms with Crippen molar-refractivity contribution in [2.75, 3.05) is 0 Å². The summed E-state index contributed by atoms with van der Waals surface area (Å²) < 4.78 is 0. The molecule has 7 heteroatoms. The molecule has 0 spiro atoms. The second-order valence-electron chi connectivity index (χ2n) is 7.00. The summed E-state index contributed by atoms with van der Waals surface area (Å²) in [4.78, 5) is 50.1. The number of hydrogen-bond acceptors (Lipinski definition) is 5. The van der Waals surface area contributed by atoms with Crippen molar-refractivity contribution in [1.29, 1.82) is 0 Å². The normalized spacial score (nSPS) is 19.1. The number of benzene rings is 2. The highest BCUT2D eigenvalue weighted by molar-refractivity contribution is 6.10. The summed E-state index contributed by atoms with van der Waals surface area (Å²) in [7, 11) is 0. The Morgan fingerprint density at radius 1 is 0.929 bits per heavy atom. The lowest BCUT2D eigenvalue weighted by atomic mass is 10.0. The molecule has 4 amide bonds. The van der Waals surface area contributed by atoms with Gasteiger partial charge in [0.05, 0.1) is 6.04 Å². The van der Waals surface area contributed by atoms with E-state index < -0.39 is 11.8 Å². The molecule has 1 atom stereocenters. The van der Waals surface area contributed by atoms with Crippen LogP contribution >= 0.6 is 0 Å². The predicted molar refractivity (Wildman–Crippen MR) is 100 cm³/mol.